The minimum atomic E-state index is 0.478. The van der Waals surface area contributed by atoms with Crippen LogP contribution in [0, 0.1) is 6.92 Å². The van der Waals surface area contributed by atoms with E-state index in [9.17, 15) is 0 Å². The van der Waals surface area contributed by atoms with Crippen molar-refractivity contribution >= 4 is 27.5 Å². The third kappa shape index (κ3) is 1.96. The fourth-order valence-corrected chi connectivity index (χ4v) is 1.95. The van der Waals surface area contributed by atoms with Crippen molar-refractivity contribution in [3.05, 3.63) is 33.6 Å². The summed E-state index contributed by atoms with van der Waals surface area (Å²) < 4.78 is 6.16. The molecule has 0 saturated carbocycles. The van der Waals surface area contributed by atoms with Crippen molar-refractivity contribution in [2.24, 2.45) is 0 Å². The lowest BCUT2D eigenvalue weighted by molar-refractivity contribution is 0.533. The zero-order valence-corrected chi connectivity index (χ0v) is 9.63. The van der Waals surface area contributed by atoms with E-state index in [1.165, 1.54) is 0 Å². The molecule has 0 fully saturated rings. The number of hydrogen-bond donors (Lipinski definition) is 0. The summed E-state index contributed by atoms with van der Waals surface area (Å²) in [5.74, 6) is 1.02. The lowest BCUT2D eigenvalue weighted by atomic mass is 10.2. The fraction of sp³-hybridized carbons (Fsp3) is 0.111. The highest BCUT2D eigenvalue weighted by molar-refractivity contribution is 9.10. The Morgan fingerprint density at radius 1 is 1.29 bits per heavy atom. The highest BCUT2D eigenvalue weighted by atomic mass is 79.9. The molecular weight excluding hydrogens is 267 g/mol. The third-order valence-corrected chi connectivity index (χ3v) is 2.31. The number of rotatable bonds is 1. The van der Waals surface area contributed by atoms with Gasteiger partial charge in [0.15, 0.2) is 0 Å². The van der Waals surface area contributed by atoms with Crippen molar-refractivity contribution < 1.29 is 4.42 Å². The summed E-state index contributed by atoms with van der Waals surface area (Å²) in [6.45, 7) is 1.75. The number of hydrogen-bond acceptors (Lipinski definition) is 3. The van der Waals surface area contributed by atoms with Crippen LogP contribution in [-0.4, -0.2) is 10.2 Å². The van der Waals surface area contributed by atoms with Crippen LogP contribution in [0.15, 0.2) is 27.1 Å². The minimum Gasteiger partial charge on any atom is -0.421 e. The molecule has 0 radical (unpaired) electrons. The van der Waals surface area contributed by atoms with Gasteiger partial charge in [-0.05, 0) is 18.2 Å². The topological polar surface area (TPSA) is 38.9 Å². The van der Waals surface area contributed by atoms with Crippen LogP contribution in [0.4, 0.5) is 0 Å². The van der Waals surface area contributed by atoms with Crippen molar-refractivity contribution in [2.75, 3.05) is 0 Å². The smallest absolute Gasteiger partial charge is 0.247 e. The zero-order chi connectivity index (χ0) is 10.1. The Labute approximate surface area is 94.2 Å². The van der Waals surface area contributed by atoms with Gasteiger partial charge in [0, 0.05) is 22.0 Å². The van der Waals surface area contributed by atoms with Crippen LogP contribution in [0.2, 0.25) is 5.02 Å². The van der Waals surface area contributed by atoms with Gasteiger partial charge in [0.2, 0.25) is 11.8 Å². The average molecular weight is 274 g/mol. The maximum absolute atomic E-state index is 5.89. The molecule has 2 rings (SSSR count). The Morgan fingerprint density at radius 3 is 2.64 bits per heavy atom. The maximum atomic E-state index is 5.89. The second kappa shape index (κ2) is 3.71. The summed E-state index contributed by atoms with van der Waals surface area (Å²) in [6.07, 6.45) is 0. The van der Waals surface area contributed by atoms with Gasteiger partial charge in [0.05, 0.1) is 0 Å². The van der Waals surface area contributed by atoms with Crippen LogP contribution in [0.3, 0.4) is 0 Å². The fourth-order valence-electron chi connectivity index (χ4n) is 1.09. The van der Waals surface area contributed by atoms with E-state index < -0.39 is 0 Å². The van der Waals surface area contributed by atoms with Crippen molar-refractivity contribution in [3.8, 4) is 11.5 Å². The molecule has 0 amide bonds. The first-order valence-corrected chi connectivity index (χ1v) is 5.09. The zero-order valence-electron chi connectivity index (χ0n) is 7.29. The molecule has 0 aliphatic heterocycles. The summed E-state index contributed by atoms with van der Waals surface area (Å²) in [5.41, 5.74) is 0.810. The van der Waals surface area contributed by atoms with Crippen molar-refractivity contribution in [1.29, 1.82) is 0 Å². The Kier molecular flexibility index (Phi) is 2.56. The lowest BCUT2D eigenvalue weighted by Gasteiger charge is -1.97. The van der Waals surface area contributed by atoms with Crippen LogP contribution >= 0.6 is 27.5 Å². The highest BCUT2D eigenvalue weighted by Gasteiger charge is 2.07. The molecule has 2 aromatic rings. The maximum Gasteiger partial charge on any atom is 0.247 e. The van der Waals surface area contributed by atoms with Gasteiger partial charge in [0.25, 0.3) is 0 Å². The van der Waals surface area contributed by atoms with E-state index in [-0.39, 0.29) is 0 Å². The molecule has 0 spiro atoms. The summed E-state index contributed by atoms with van der Waals surface area (Å²) in [6, 6.07) is 5.45. The summed E-state index contributed by atoms with van der Waals surface area (Å²) in [7, 11) is 0. The molecule has 1 heterocycles. The Morgan fingerprint density at radius 2 is 2.07 bits per heavy atom. The number of aromatic nitrogens is 2. The Hall–Kier alpha value is -0.870. The first-order valence-electron chi connectivity index (χ1n) is 3.92. The summed E-state index contributed by atoms with van der Waals surface area (Å²) in [5, 5.41) is 8.28. The van der Waals surface area contributed by atoms with E-state index in [1.54, 1.807) is 19.1 Å². The molecule has 0 aliphatic carbocycles. The SMILES string of the molecule is Cc1nnc(-c2cc(Cl)cc(Br)c2)o1. The number of aryl methyl sites for hydroxylation is 1. The van der Waals surface area contributed by atoms with E-state index in [4.69, 9.17) is 16.0 Å². The standard InChI is InChI=1S/C9H6BrClN2O/c1-5-12-13-9(14-5)6-2-7(10)4-8(11)3-6/h2-4H,1H3. The van der Waals surface area contributed by atoms with Crippen LogP contribution in [-0.2, 0) is 0 Å². The van der Waals surface area contributed by atoms with Crippen LogP contribution < -0.4 is 0 Å². The first kappa shape index (κ1) is 9.68. The molecule has 0 aliphatic rings. The van der Waals surface area contributed by atoms with E-state index in [0.717, 1.165) is 10.0 Å². The van der Waals surface area contributed by atoms with Gasteiger partial charge in [-0.1, -0.05) is 27.5 Å². The van der Waals surface area contributed by atoms with Gasteiger partial charge in [0.1, 0.15) is 0 Å². The quantitative estimate of drug-likeness (QED) is 0.798. The predicted molar refractivity (Wildman–Crippen MR) is 57.2 cm³/mol. The molecule has 72 valence electrons. The molecule has 0 unspecified atom stereocenters. The lowest BCUT2D eigenvalue weighted by Crippen LogP contribution is -1.78. The minimum absolute atomic E-state index is 0.478. The molecule has 14 heavy (non-hydrogen) atoms. The molecule has 0 N–H and O–H groups in total. The van der Waals surface area contributed by atoms with Gasteiger partial charge in [-0.2, -0.15) is 0 Å². The molecule has 0 saturated heterocycles. The van der Waals surface area contributed by atoms with E-state index in [1.807, 2.05) is 6.07 Å². The second-order valence-corrected chi connectivity index (χ2v) is 4.14. The molecule has 1 aromatic carbocycles. The highest BCUT2D eigenvalue weighted by Crippen LogP contribution is 2.26. The van der Waals surface area contributed by atoms with Gasteiger partial charge in [-0.15, -0.1) is 10.2 Å². The molecular formula is C9H6BrClN2O. The average Bonchev–Trinajstić information content (AvgIpc) is 2.50. The van der Waals surface area contributed by atoms with Crippen LogP contribution in [0.25, 0.3) is 11.5 Å². The molecule has 0 bridgehead atoms. The Bertz CT molecular complexity index is 449. The summed E-state index contributed by atoms with van der Waals surface area (Å²) in [4.78, 5) is 0. The second-order valence-electron chi connectivity index (χ2n) is 2.78. The predicted octanol–water partition coefficient (Wildman–Crippen LogP) is 3.46. The van der Waals surface area contributed by atoms with Crippen molar-refractivity contribution in [2.45, 2.75) is 6.92 Å². The normalized spacial score (nSPS) is 10.5. The van der Waals surface area contributed by atoms with E-state index in [2.05, 4.69) is 26.1 Å². The van der Waals surface area contributed by atoms with Gasteiger partial charge in [-0.25, -0.2) is 0 Å². The van der Waals surface area contributed by atoms with Crippen LogP contribution in [0.5, 0.6) is 0 Å². The molecule has 1 aromatic heterocycles. The number of nitrogens with zero attached hydrogens (tertiary/aromatic N) is 2. The summed E-state index contributed by atoms with van der Waals surface area (Å²) >= 11 is 9.23. The van der Waals surface area contributed by atoms with Gasteiger partial charge < -0.3 is 4.42 Å². The monoisotopic (exact) mass is 272 g/mol. The van der Waals surface area contributed by atoms with Crippen LogP contribution in [0.1, 0.15) is 5.89 Å². The molecule has 3 nitrogen and oxygen atoms in total. The van der Waals surface area contributed by atoms with E-state index >= 15 is 0 Å². The van der Waals surface area contributed by atoms with E-state index in [0.29, 0.717) is 16.8 Å². The van der Waals surface area contributed by atoms with Gasteiger partial charge >= 0.3 is 0 Å². The van der Waals surface area contributed by atoms with Crippen molar-refractivity contribution in [3.63, 3.8) is 0 Å². The third-order valence-electron chi connectivity index (χ3n) is 1.64. The van der Waals surface area contributed by atoms with Gasteiger partial charge in [-0.3, -0.25) is 0 Å². The largest absolute Gasteiger partial charge is 0.421 e. The molecule has 0 atom stereocenters. The number of benzene rings is 1. The number of halogens is 2. The molecule has 5 heteroatoms. The Balaban J connectivity index is 2.51. The first-order chi connectivity index (χ1) is 6.65. The van der Waals surface area contributed by atoms with Crippen molar-refractivity contribution in [1.82, 2.24) is 10.2 Å².